The van der Waals surface area contributed by atoms with Gasteiger partial charge in [0.1, 0.15) is 10.7 Å². The van der Waals surface area contributed by atoms with E-state index in [1.54, 1.807) is 5.38 Å². The van der Waals surface area contributed by atoms with E-state index < -0.39 is 0 Å². The number of aromatic nitrogens is 1. The van der Waals surface area contributed by atoms with Crippen LogP contribution in [-0.4, -0.2) is 42.0 Å². The van der Waals surface area contributed by atoms with Crippen LogP contribution in [0.4, 0.5) is 0 Å². The molecule has 0 radical (unpaired) electrons. The number of carbonyl (C=O) groups is 1. The summed E-state index contributed by atoms with van der Waals surface area (Å²) in [4.78, 5) is 18.5. The van der Waals surface area contributed by atoms with Crippen LogP contribution in [0.5, 0.6) is 0 Å². The van der Waals surface area contributed by atoms with Crippen LogP contribution in [0.1, 0.15) is 41.2 Å². The maximum Gasteiger partial charge on any atom is 0.270 e. The van der Waals surface area contributed by atoms with Crippen molar-refractivity contribution in [1.82, 2.24) is 15.2 Å². The van der Waals surface area contributed by atoms with Crippen LogP contribution in [-0.2, 0) is 6.54 Å². The molecule has 5 nitrogen and oxygen atoms in total. The predicted octanol–water partition coefficient (Wildman–Crippen LogP) is 2.05. The van der Waals surface area contributed by atoms with Crippen molar-refractivity contribution in [1.29, 1.82) is 0 Å². The summed E-state index contributed by atoms with van der Waals surface area (Å²) < 4.78 is 0. The second kappa shape index (κ2) is 8.90. The molecule has 8 heteroatoms. The summed E-state index contributed by atoms with van der Waals surface area (Å²) in [5.41, 5.74) is 6.10. The zero-order valence-electron chi connectivity index (χ0n) is 12.4. The highest BCUT2D eigenvalue weighted by atomic mass is 35.5. The van der Waals surface area contributed by atoms with E-state index in [2.05, 4.69) is 29.3 Å². The average Bonchev–Trinajstić information content (AvgIpc) is 3.05. The van der Waals surface area contributed by atoms with Gasteiger partial charge in [-0.1, -0.05) is 12.8 Å². The van der Waals surface area contributed by atoms with Crippen molar-refractivity contribution in [2.45, 2.75) is 37.8 Å². The number of thiazole rings is 1. The van der Waals surface area contributed by atoms with Gasteiger partial charge in [0, 0.05) is 24.0 Å². The molecule has 122 valence electrons. The van der Waals surface area contributed by atoms with Crippen LogP contribution in [0.2, 0.25) is 0 Å². The number of halogens is 2. The Labute approximate surface area is 142 Å². The molecular formula is C13H24Cl2N4OS. The summed E-state index contributed by atoms with van der Waals surface area (Å²) in [5.74, 6) is -0.0934. The summed E-state index contributed by atoms with van der Waals surface area (Å²) >= 11 is 1.43. The third kappa shape index (κ3) is 4.79. The highest BCUT2D eigenvalue weighted by Crippen LogP contribution is 2.33. The predicted molar refractivity (Wildman–Crippen MR) is 91.7 cm³/mol. The number of rotatable bonds is 5. The van der Waals surface area contributed by atoms with Gasteiger partial charge >= 0.3 is 0 Å². The molecule has 1 fully saturated rings. The van der Waals surface area contributed by atoms with Gasteiger partial charge in [-0.25, -0.2) is 4.98 Å². The molecule has 0 unspecified atom stereocenters. The van der Waals surface area contributed by atoms with Crippen LogP contribution < -0.4 is 11.1 Å². The summed E-state index contributed by atoms with van der Waals surface area (Å²) in [5, 5.41) is 5.59. The van der Waals surface area contributed by atoms with Crippen molar-refractivity contribution in [2.24, 2.45) is 5.73 Å². The van der Waals surface area contributed by atoms with E-state index in [9.17, 15) is 4.79 Å². The molecule has 0 spiro atoms. The average molecular weight is 355 g/mol. The maximum atomic E-state index is 12.1. The Morgan fingerprint density at radius 2 is 2.05 bits per heavy atom. The maximum absolute atomic E-state index is 12.1. The number of nitrogens with one attached hydrogen (secondary N) is 1. The molecule has 1 amide bonds. The fourth-order valence-electron chi connectivity index (χ4n) is 2.66. The number of hydrogen-bond donors (Lipinski definition) is 2. The fraction of sp³-hybridized carbons (Fsp3) is 0.692. The van der Waals surface area contributed by atoms with E-state index in [1.807, 2.05) is 0 Å². The molecule has 0 aliphatic heterocycles. The Morgan fingerprint density at radius 3 is 2.52 bits per heavy atom. The van der Waals surface area contributed by atoms with Gasteiger partial charge in [0.15, 0.2) is 0 Å². The van der Waals surface area contributed by atoms with Crippen molar-refractivity contribution in [3.05, 3.63) is 16.1 Å². The van der Waals surface area contributed by atoms with Crippen molar-refractivity contribution < 1.29 is 4.79 Å². The molecule has 0 atom stereocenters. The lowest BCUT2D eigenvalue weighted by molar-refractivity contribution is 0.0895. The van der Waals surface area contributed by atoms with Crippen LogP contribution in [0.25, 0.3) is 0 Å². The van der Waals surface area contributed by atoms with Crippen LogP contribution in [0.3, 0.4) is 0 Å². The first-order valence-electron chi connectivity index (χ1n) is 6.67. The van der Waals surface area contributed by atoms with E-state index in [4.69, 9.17) is 5.73 Å². The van der Waals surface area contributed by atoms with E-state index >= 15 is 0 Å². The zero-order valence-corrected chi connectivity index (χ0v) is 14.9. The molecule has 1 aromatic rings. The van der Waals surface area contributed by atoms with Crippen molar-refractivity contribution in [2.75, 3.05) is 20.6 Å². The SMILES string of the molecule is CN(C)C1(CNC(=O)c2csc(CN)n2)CCCC1.Cl.Cl. The molecule has 21 heavy (non-hydrogen) atoms. The molecule has 1 aliphatic carbocycles. The van der Waals surface area contributed by atoms with Crippen LogP contribution in [0.15, 0.2) is 5.38 Å². The van der Waals surface area contributed by atoms with Crippen molar-refractivity contribution in [3.63, 3.8) is 0 Å². The Balaban J connectivity index is 0.00000200. The van der Waals surface area contributed by atoms with E-state index in [1.165, 1.54) is 24.2 Å². The molecular weight excluding hydrogens is 331 g/mol. The molecule has 3 N–H and O–H groups in total. The van der Waals surface area contributed by atoms with Gasteiger partial charge < -0.3 is 16.0 Å². The highest BCUT2D eigenvalue weighted by molar-refractivity contribution is 7.09. The largest absolute Gasteiger partial charge is 0.349 e. The Morgan fingerprint density at radius 1 is 1.43 bits per heavy atom. The number of amides is 1. The van der Waals surface area contributed by atoms with Crippen molar-refractivity contribution >= 4 is 42.1 Å². The zero-order chi connectivity index (χ0) is 13.9. The van der Waals surface area contributed by atoms with Gasteiger partial charge in [0.05, 0.1) is 0 Å². The van der Waals surface area contributed by atoms with Gasteiger partial charge in [-0.3, -0.25) is 4.79 Å². The van der Waals surface area contributed by atoms with Crippen LogP contribution in [0, 0.1) is 0 Å². The number of nitrogens with two attached hydrogens (primary N) is 1. The number of hydrogen-bond acceptors (Lipinski definition) is 5. The van der Waals surface area contributed by atoms with Gasteiger partial charge in [-0.05, 0) is 26.9 Å². The minimum absolute atomic E-state index is 0. The first-order chi connectivity index (χ1) is 9.07. The molecule has 1 aliphatic rings. The Hall–Kier alpha value is -0.400. The van der Waals surface area contributed by atoms with Gasteiger partial charge in [0.25, 0.3) is 5.91 Å². The first kappa shape index (κ1) is 20.6. The molecule has 0 saturated heterocycles. The molecule has 1 aromatic heterocycles. The van der Waals surface area contributed by atoms with Gasteiger partial charge in [-0.15, -0.1) is 36.2 Å². The lowest BCUT2D eigenvalue weighted by Gasteiger charge is -2.36. The van der Waals surface area contributed by atoms with E-state index in [-0.39, 0.29) is 36.3 Å². The Kier molecular flexibility index (Phi) is 8.73. The smallest absolute Gasteiger partial charge is 0.270 e. The van der Waals surface area contributed by atoms with Gasteiger partial charge in [-0.2, -0.15) is 0 Å². The number of likely N-dealkylation sites (N-methyl/N-ethyl adjacent to an activating group) is 1. The topological polar surface area (TPSA) is 71.2 Å². The minimum atomic E-state index is -0.0934. The standard InChI is InChI=1S/C13H22N4OS.2ClH/c1-17(2)13(5-3-4-6-13)9-15-12(18)10-8-19-11(7-14)16-10;;/h8H,3-7,9,14H2,1-2H3,(H,15,18);2*1H. The lowest BCUT2D eigenvalue weighted by atomic mass is 9.96. The fourth-order valence-corrected chi connectivity index (χ4v) is 3.31. The Bertz CT molecular complexity index is 447. The van der Waals surface area contributed by atoms with Crippen LogP contribution >= 0.6 is 36.2 Å². The third-order valence-electron chi connectivity index (χ3n) is 4.02. The second-order valence-electron chi connectivity index (χ2n) is 5.34. The van der Waals surface area contributed by atoms with Crippen molar-refractivity contribution in [3.8, 4) is 0 Å². The third-order valence-corrected chi connectivity index (χ3v) is 4.89. The molecule has 2 rings (SSSR count). The molecule has 0 bridgehead atoms. The molecule has 1 heterocycles. The summed E-state index contributed by atoms with van der Waals surface area (Å²) in [7, 11) is 4.18. The monoisotopic (exact) mass is 354 g/mol. The van der Waals surface area contributed by atoms with E-state index in [0.717, 1.165) is 17.8 Å². The first-order valence-corrected chi connectivity index (χ1v) is 7.55. The molecule has 1 saturated carbocycles. The summed E-state index contributed by atoms with van der Waals surface area (Å²) in [6, 6.07) is 0. The minimum Gasteiger partial charge on any atom is -0.349 e. The normalized spacial score (nSPS) is 16.2. The number of nitrogens with zero attached hydrogens (tertiary/aromatic N) is 2. The quantitative estimate of drug-likeness (QED) is 0.848. The summed E-state index contributed by atoms with van der Waals surface area (Å²) in [6.07, 6.45) is 4.76. The van der Waals surface area contributed by atoms with Gasteiger partial charge in [0.2, 0.25) is 0 Å². The molecule has 0 aromatic carbocycles. The van der Waals surface area contributed by atoms with E-state index in [0.29, 0.717) is 18.8 Å². The lowest BCUT2D eigenvalue weighted by Crippen LogP contribution is -2.50. The number of carbonyl (C=O) groups excluding carboxylic acids is 1. The summed E-state index contributed by atoms with van der Waals surface area (Å²) in [6.45, 7) is 1.08. The second-order valence-corrected chi connectivity index (χ2v) is 6.28. The highest BCUT2D eigenvalue weighted by Gasteiger charge is 2.36.